The van der Waals surface area contributed by atoms with E-state index in [4.69, 9.17) is 11.6 Å². The molecule has 1 aromatic rings. The molecule has 0 spiro atoms. The van der Waals surface area contributed by atoms with Crippen LogP contribution in [0.2, 0.25) is 5.02 Å². The van der Waals surface area contributed by atoms with Gasteiger partial charge in [0.15, 0.2) is 0 Å². The van der Waals surface area contributed by atoms with Crippen LogP contribution in [-0.4, -0.2) is 31.1 Å². The fraction of sp³-hybridized carbons (Fsp3) is 0.667. The number of nitrogens with one attached hydrogen (secondary N) is 1. The first-order valence-electron chi connectivity index (χ1n) is 8.41. The lowest BCUT2D eigenvalue weighted by Crippen LogP contribution is -2.36. The second-order valence-corrected chi connectivity index (χ2v) is 6.77. The van der Waals surface area contributed by atoms with Crippen molar-refractivity contribution in [3.8, 4) is 0 Å². The van der Waals surface area contributed by atoms with E-state index in [0.29, 0.717) is 6.04 Å². The van der Waals surface area contributed by atoms with Gasteiger partial charge in [0, 0.05) is 17.6 Å². The molecule has 0 amide bonds. The van der Waals surface area contributed by atoms with Crippen molar-refractivity contribution in [2.75, 3.05) is 26.2 Å². The van der Waals surface area contributed by atoms with Crippen LogP contribution < -0.4 is 5.32 Å². The van der Waals surface area contributed by atoms with Crippen molar-refractivity contribution in [2.45, 2.75) is 45.6 Å². The molecule has 1 aliphatic rings. The number of likely N-dealkylation sites (tertiary alicyclic amines) is 1. The third-order valence-electron chi connectivity index (χ3n) is 4.40. The third kappa shape index (κ3) is 5.28. The number of halogens is 1. The van der Waals surface area contributed by atoms with Gasteiger partial charge in [0.2, 0.25) is 0 Å². The molecule has 0 radical (unpaired) electrons. The van der Waals surface area contributed by atoms with Gasteiger partial charge in [0.1, 0.15) is 0 Å². The van der Waals surface area contributed by atoms with E-state index in [9.17, 15) is 0 Å². The summed E-state index contributed by atoms with van der Waals surface area (Å²) < 4.78 is 0. The Kier molecular flexibility index (Phi) is 7.01. The van der Waals surface area contributed by atoms with Crippen LogP contribution in [0.4, 0.5) is 0 Å². The number of hydrogen-bond donors (Lipinski definition) is 1. The van der Waals surface area contributed by atoms with Gasteiger partial charge in [-0.1, -0.05) is 43.6 Å². The highest BCUT2D eigenvalue weighted by molar-refractivity contribution is 6.31. The summed E-state index contributed by atoms with van der Waals surface area (Å²) in [4.78, 5) is 2.62. The summed E-state index contributed by atoms with van der Waals surface area (Å²) in [7, 11) is 0. The van der Waals surface area contributed by atoms with Crippen LogP contribution in [0.5, 0.6) is 0 Å². The van der Waals surface area contributed by atoms with Gasteiger partial charge in [0.05, 0.1) is 0 Å². The molecule has 1 saturated heterocycles. The highest BCUT2D eigenvalue weighted by Gasteiger charge is 2.19. The van der Waals surface area contributed by atoms with E-state index >= 15 is 0 Å². The Balaban J connectivity index is 1.94. The van der Waals surface area contributed by atoms with E-state index < -0.39 is 0 Å². The van der Waals surface area contributed by atoms with Crippen molar-refractivity contribution in [2.24, 2.45) is 5.92 Å². The van der Waals surface area contributed by atoms with Crippen LogP contribution in [0.25, 0.3) is 0 Å². The molecule has 1 heterocycles. The first-order chi connectivity index (χ1) is 10.2. The monoisotopic (exact) mass is 308 g/mol. The van der Waals surface area contributed by atoms with Gasteiger partial charge in [-0.15, -0.1) is 0 Å². The number of rotatable bonds is 7. The predicted molar refractivity (Wildman–Crippen MR) is 91.9 cm³/mol. The molecule has 0 saturated carbocycles. The van der Waals surface area contributed by atoms with Crippen molar-refractivity contribution in [1.29, 1.82) is 0 Å². The average Bonchev–Trinajstić information content (AvgIpc) is 2.48. The molecule has 21 heavy (non-hydrogen) atoms. The minimum atomic E-state index is 0.371. The van der Waals surface area contributed by atoms with Crippen LogP contribution in [0.3, 0.4) is 0 Å². The Morgan fingerprint density at radius 3 is 2.90 bits per heavy atom. The highest BCUT2D eigenvalue weighted by atomic mass is 35.5. The summed E-state index contributed by atoms with van der Waals surface area (Å²) in [5, 5.41) is 4.55. The Labute approximate surface area is 134 Å². The Morgan fingerprint density at radius 1 is 1.38 bits per heavy atom. The molecule has 118 valence electrons. The van der Waals surface area contributed by atoms with E-state index in [1.165, 1.54) is 31.5 Å². The Hall–Kier alpha value is -0.570. The summed E-state index contributed by atoms with van der Waals surface area (Å²) in [6.07, 6.45) is 5.02. The van der Waals surface area contributed by atoms with Gasteiger partial charge in [0.25, 0.3) is 0 Å². The molecule has 0 bridgehead atoms. The van der Waals surface area contributed by atoms with Crippen LogP contribution in [0.1, 0.15) is 51.1 Å². The van der Waals surface area contributed by atoms with Gasteiger partial charge < -0.3 is 10.2 Å². The largest absolute Gasteiger partial charge is 0.310 e. The summed E-state index contributed by atoms with van der Waals surface area (Å²) >= 11 is 6.39. The average molecular weight is 309 g/mol. The maximum atomic E-state index is 6.39. The summed E-state index contributed by atoms with van der Waals surface area (Å²) in [5.41, 5.74) is 1.25. The molecule has 1 aliphatic heterocycles. The Morgan fingerprint density at radius 2 is 2.19 bits per heavy atom. The van der Waals surface area contributed by atoms with Crippen LogP contribution in [0.15, 0.2) is 24.3 Å². The number of nitrogens with zero attached hydrogens (tertiary/aromatic N) is 1. The molecule has 3 heteroatoms. The topological polar surface area (TPSA) is 15.3 Å². The lowest BCUT2D eigenvalue weighted by Gasteiger charge is -2.32. The second kappa shape index (κ2) is 8.77. The first-order valence-corrected chi connectivity index (χ1v) is 8.78. The van der Waals surface area contributed by atoms with Crippen molar-refractivity contribution in [3.05, 3.63) is 34.9 Å². The normalized spacial score (nSPS) is 21.4. The minimum Gasteiger partial charge on any atom is -0.310 e. The molecular weight excluding hydrogens is 280 g/mol. The minimum absolute atomic E-state index is 0.371. The lowest BCUT2D eigenvalue weighted by atomic mass is 9.98. The zero-order chi connectivity index (χ0) is 15.1. The van der Waals surface area contributed by atoms with Gasteiger partial charge in [-0.05, 0) is 62.9 Å². The summed E-state index contributed by atoms with van der Waals surface area (Å²) in [5.74, 6) is 0.848. The number of hydrogen-bond acceptors (Lipinski definition) is 2. The van der Waals surface area contributed by atoms with E-state index in [2.05, 4.69) is 36.2 Å². The molecule has 2 atom stereocenters. The smallest absolute Gasteiger partial charge is 0.0453 e. The molecule has 2 unspecified atom stereocenters. The fourth-order valence-corrected chi connectivity index (χ4v) is 3.51. The number of piperidine rings is 1. The molecular formula is C18H29ClN2. The zero-order valence-electron chi connectivity index (χ0n) is 13.4. The fourth-order valence-electron chi connectivity index (χ4n) is 3.25. The molecule has 1 aromatic carbocycles. The van der Waals surface area contributed by atoms with E-state index in [-0.39, 0.29) is 0 Å². The molecule has 2 rings (SSSR count). The van der Waals surface area contributed by atoms with Gasteiger partial charge in [-0.2, -0.15) is 0 Å². The number of benzene rings is 1. The van der Waals surface area contributed by atoms with Crippen LogP contribution in [-0.2, 0) is 0 Å². The lowest BCUT2D eigenvalue weighted by molar-refractivity contribution is 0.176. The van der Waals surface area contributed by atoms with Gasteiger partial charge >= 0.3 is 0 Å². The predicted octanol–water partition coefficient (Wildman–Crippen LogP) is 4.50. The van der Waals surface area contributed by atoms with Crippen molar-refractivity contribution < 1.29 is 0 Å². The molecule has 1 N–H and O–H groups in total. The Bertz CT molecular complexity index is 421. The quantitative estimate of drug-likeness (QED) is 0.797. The van der Waals surface area contributed by atoms with Crippen LogP contribution in [0, 0.1) is 5.92 Å². The van der Waals surface area contributed by atoms with Crippen molar-refractivity contribution in [3.63, 3.8) is 0 Å². The molecule has 0 aromatic heterocycles. The SMILES string of the molecule is CCCNC(CCN1CCCC(C)C1)c1ccccc1Cl. The molecule has 1 fully saturated rings. The summed E-state index contributed by atoms with van der Waals surface area (Å²) in [6, 6.07) is 8.63. The summed E-state index contributed by atoms with van der Waals surface area (Å²) in [6.45, 7) is 9.30. The molecule has 0 aliphatic carbocycles. The maximum Gasteiger partial charge on any atom is 0.0453 e. The third-order valence-corrected chi connectivity index (χ3v) is 4.74. The standard InChI is InChI=1S/C18H29ClN2/c1-3-11-20-18(16-8-4-5-9-17(16)19)10-13-21-12-6-7-15(2)14-21/h4-5,8-9,15,18,20H,3,6-7,10-14H2,1-2H3. The van der Waals surface area contributed by atoms with E-state index in [0.717, 1.165) is 36.9 Å². The first kappa shape index (κ1) is 16.8. The maximum absolute atomic E-state index is 6.39. The van der Waals surface area contributed by atoms with Crippen LogP contribution >= 0.6 is 11.6 Å². The van der Waals surface area contributed by atoms with Gasteiger partial charge in [-0.25, -0.2) is 0 Å². The van der Waals surface area contributed by atoms with Gasteiger partial charge in [-0.3, -0.25) is 0 Å². The molecule has 2 nitrogen and oxygen atoms in total. The highest BCUT2D eigenvalue weighted by Crippen LogP contribution is 2.26. The van der Waals surface area contributed by atoms with Crippen molar-refractivity contribution in [1.82, 2.24) is 10.2 Å². The second-order valence-electron chi connectivity index (χ2n) is 6.36. The zero-order valence-corrected chi connectivity index (χ0v) is 14.2. The van der Waals surface area contributed by atoms with Crippen molar-refractivity contribution >= 4 is 11.6 Å². The van der Waals surface area contributed by atoms with E-state index in [1.807, 2.05) is 12.1 Å². The van der Waals surface area contributed by atoms with E-state index in [1.54, 1.807) is 0 Å².